The first-order valence-electron chi connectivity index (χ1n) is 11.5. The summed E-state index contributed by atoms with van der Waals surface area (Å²) in [5, 5.41) is 3.26. The Kier molecular flexibility index (Phi) is 7.20. The number of nitrogens with one attached hydrogen (secondary N) is 1. The molecule has 6 heteroatoms. The van der Waals surface area contributed by atoms with Gasteiger partial charge in [0.2, 0.25) is 5.91 Å². The number of carbonyl (C=O) groups is 1. The van der Waals surface area contributed by atoms with Crippen LogP contribution in [0.2, 0.25) is 0 Å². The number of carbonyl (C=O) groups excluding carboxylic acids is 1. The van der Waals surface area contributed by atoms with E-state index in [1.165, 1.54) is 16.7 Å². The average Bonchev–Trinajstić information content (AvgIpc) is 3.37. The Morgan fingerprint density at radius 3 is 2.50 bits per heavy atom. The number of rotatable bonds is 8. The van der Waals surface area contributed by atoms with E-state index in [4.69, 9.17) is 14.2 Å². The lowest BCUT2D eigenvalue weighted by Crippen LogP contribution is -2.43. The molecule has 172 valence electrons. The van der Waals surface area contributed by atoms with Crippen molar-refractivity contribution >= 4 is 5.91 Å². The number of ether oxygens (including phenoxy) is 3. The normalized spacial score (nSPS) is 18.8. The first kappa shape index (κ1) is 22.5. The third kappa shape index (κ3) is 4.85. The highest BCUT2D eigenvalue weighted by molar-refractivity contribution is 5.78. The zero-order valence-corrected chi connectivity index (χ0v) is 19.4. The van der Waals surface area contributed by atoms with Crippen LogP contribution >= 0.6 is 0 Å². The van der Waals surface area contributed by atoms with E-state index in [9.17, 15) is 4.79 Å². The molecule has 32 heavy (non-hydrogen) atoms. The second-order valence-corrected chi connectivity index (χ2v) is 8.72. The van der Waals surface area contributed by atoms with Gasteiger partial charge in [-0.3, -0.25) is 9.69 Å². The molecule has 1 atom stereocenters. The van der Waals surface area contributed by atoms with Gasteiger partial charge in [-0.15, -0.1) is 0 Å². The summed E-state index contributed by atoms with van der Waals surface area (Å²) in [6.07, 6.45) is 5.25. The van der Waals surface area contributed by atoms with Crippen molar-refractivity contribution in [1.82, 2.24) is 10.2 Å². The number of nitrogens with zero attached hydrogens (tertiary/aromatic N) is 1. The third-order valence-electron chi connectivity index (χ3n) is 6.83. The molecular formula is C26H34N2O4. The summed E-state index contributed by atoms with van der Waals surface area (Å²) in [4.78, 5) is 15.2. The molecule has 0 spiro atoms. The molecule has 4 rings (SSSR count). The highest BCUT2D eigenvalue weighted by atomic mass is 16.5. The maximum absolute atomic E-state index is 12.8. The first-order chi connectivity index (χ1) is 15.6. The van der Waals surface area contributed by atoms with E-state index in [1.807, 2.05) is 12.1 Å². The van der Waals surface area contributed by atoms with E-state index >= 15 is 0 Å². The number of fused-ring (bicyclic) bond motifs is 1. The highest BCUT2D eigenvalue weighted by Crippen LogP contribution is 2.38. The Balaban J connectivity index is 1.60. The number of benzene rings is 2. The quantitative estimate of drug-likeness (QED) is 0.672. The molecule has 0 aromatic heterocycles. The van der Waals surface area contributed by atoms with E-state index < -0.39 is 0 Å². The predicted molar refractivity (Wildman–Crippen MR) is 124 cm³/mol. The molecule has 0 bridgehead atoms. The second kappa shape index (κ2) is 10.3. The Bertz CT molecular complexity index is 939. The van der Waals surface area contributed by atoms with Crippen LogP contribution in [0.5, 0.6) is 17.2 Å². The van der Waals surface area contributed by atoms with Crippen LogP contribution in [-0.2, 0) is 17.8 Å². The summed E-state index contributed by atoms with van der Waals surface area (Å²) < 4.78 is 16.5. The number of hydrogen-bond acceptors (Lipinski definition) is 5. The maximum Gasteiger partial charge on any atom is 0.223 e. The lowest BCUT2D eigenvalue weighted by molar-refractivity contribution is -0.125. The van der Waals surface area contributed by atoms with Gasteiger partial charge in [-0.1, -0.05) is 25.0 Å². The zero-order chi connectivity index (χ0) is 22.5. The van der Waals surface area contributed by atoms with Crippen LogP contribution in [0.4, 0.5) is 0 Å². The predicted octanol–water partition coefficient (Wildman–Crippen LogP) is 4.12. The van der Waals surface area contributed by atoms with Crippen molar-refractivity contribution < 1.29 is 19.0 Å². The van der Waals surface area contributed by atoms with Crippen molar-refractivity contribution in [1.29, 1.82) is 0 Å². The van der Waals surface area contributed by atoms with Crippen molar-refractivity contribution in [3.8, 4) is 17.2 Å². The lowest BCUT2D eigenvalue weighted by Gasteiger charge is -2.38. The smallest absolute Gasteiger partial charge is 0.223 e. The van der Waals surface area contributed by atoms with Gasteiger partial charge in [-0.2, -0.15) is 0 Å². The van der Waals surface area contributed by atoms with Crippen LogP contribution in [0.25, 0.3) is 0 Å². The van der Waals surface area contributed by atoms with Gasteiger partial charge in [0, 0.05) is 25.6 Å². The molecule has 1 aliphatic heterocycles. The summed E-state index contributed by atoms with van der Waals surface area (Å²) >= 11 is 0. The fourth-order valence-corrected chi connectivity index (χ4v) is 5.04. The Hall–Kier alpha value is -2.73. The molecule has 1 aliphatic carbocycles. The van der Waals surface area contributed by atoms with Gasteiger partial charge in [-0.25, -0.2) is 0 Å². The van der Waals surface area contributed by atoms with Gasteiger partial charge in [0.15, 0.2) is 11.5 Å². The molecule has 2 aliphatic rings. The molecule has 0 saturated heterocycles. The van der Waals surface area contributed by atoms with Gasteiger partial charge >= 0.3 is 0 Å². The minimum atomic E-state index is 0.0649. The van der Waals surface area contributed by atoms with Gasteiger partial charge < -0.3 is 19.5 Å². The Morgan fingerprint density at radius 1 is 1.03 bits per heavy atom. The molecule has 2 aromatic rings. The minimum Gasteiger partial charge on any atom is -0.497 e. The highest BCUT2D eigenvalue weighted by Gasteiger charge is 2.31. The summed E-state index contributed by atoms with van der Waals surface area (Å²) in [5.74, 6) is 2.69. The lowest BCUT2D eigenvalue weighted by atomic mass is 9.91. The van der Waals surface area contributed by atoms with Crippen LogP contribution in [-0.4, -0.2) is 45.2 Å². The summed E-state index contributed by atoms with van der Waals surface area (Å²) in [7, 11) is 5.02. The second-order valence-electron chi connectivity index (χ2n) is 8.72. The van der Waals surface area contributed by atoms with Gasteiger partial charge in [0.25, 0.3) is 0 Å². The number of amides is 1. The average molecular weight is 439 g/mol. The summed E-state index contributed by atoms with van der Waals surface area (Å²) in [6.45, 7) is 2.28. The van der Waals surface area contributed by atoms with E-state index in [1.54, 1.807) is 21.3 Å². The molecule has 6 nitrogen and oxygen atoms in total. The van der Waals surface area contributed by atoms with Crippen LogP contribution in [0.1, 0.15) is 48.4 Å². The molecule has 1 amide bonds. The van der Waals surface area contributed by atoms with Crippen LogP contribution < -0.4 is 19.5 Å². The van der Waals surface area contributed by atoms with Gasteiger partial charge in [0.1, 0.15) is 5.75 Å². The first-order valence-corrected chi connectivity index (χ1v) is 11.5. The molecule has 1 saturated carbocycles. The van der Waals surface area contributed by atoms with Crippen molar-refractivity contribution in [3.05, 3.63) is 53.1 Å². The van der Waals surface area contributed by atoms with Crippen LogP contribution in [0.15, 0.2) is 36.4 Å². The zero-order valence-electron chi connectivity index (χ0n) is 19.4. The molecule has 1 N–H and O–H groups in total. The van der Waals surface area contributed by atoms with Crippen LogP contribution in [0.3, 0.4) is 0 Å². The van der Waals surface area contributed by atoms with Crippen molar-refractivity contribution in [2.75, 3.05) is 34.4 Å². The van der Waals surface area contributed by atoms with Crippen LogP contribution in [0, 0.1) is 5.92 Å². The van der Waals surface area contributed by atoms with E-state index in [2.05, 4.69) is 34.5 Å². The number of hydrogen-bond donors (Lipinski definition) is 1. The van der Waals surface area contributed by atoms with Crippen molar-refractivity contribution in [2.45, 2.75) is 44.7 Å². The molecule has 1 unspecified atom stereocenters. The molecule has 1 fully saturated rings. The Morgan fingerprint density at radius 2 is 1.78 bits per heavy atom. The topological polar surface area (TPSA) is 60.0 Å². The molecular weight excluding hydrogens is 404 g/mol. The van der Waals surface area contributed by atoms with Crippen molar-refractivity contribution in [3.63, 3.8) is 0 Å². The SMILES string of the molecule is COc1cccc(CN2CCc3cc(OC)c(OC)cc3C2CNC(=O)C2CCCC2)c1. The van der Waals surface area contributed by atoms with E-state index in [0.29, 0.717) is 6.54 Å². The standard InChI is InChI=1S/C26H34N2O4/c1-30-21-10-6-7-18(13-21)17-28-12-11-20-14-24(31-2)25(32-3)15-22(20)23(28)16-27-26(29)19-8-4-5-9-19/h6-7,10,13-15,19,23H,4-5,8-9,11-12,16-17H2,1-3H3,(H,27,29). The number of methoxy groups -OCH3 is 3. The molecule has 2 aromatic carbocycles. The van der Waals surface area contributed by atoms with E-state index in [-0.39, 0.29) is 17.9 Å². The largest absolute Gasteiger partial charge is 0.497 e. The van der Waals surface area contributed by atoms with E-state index in [0.717, 1.165) is 62.4 Å². The fraction of sp³-hybridized carbons (Fsp3) is 0.500. The molecule has 1 heterocycles. The maximum atomic E-state index is 12.8. The fourth-order valence-electron chi connectivity index (χ4n) is 5.04. The van der Waals surface area contributed by atoms with Crippen molar-refractivity contribution in [2.24, 2.45) is 5.92 Å². The molecule has 0 radical (unpaired) electrons. The monoisotopic (exact) mass is 438 g/mol. The minimum absolute atomic E-state index is 0.0649. The summed E-state index contributed by atoms with van der Waals surface area (Å²) in [6, 6.07) is 12.4. The summed E-state index contributed by atoms with van der Waals surface area (Å²) in [5.41, 5.74) is 3.65. The third-order valence-corrected chi connectivity index (χ3v) is 6.83. The van der Waals surface area contributed by atoms with Gasteiger partial charge in [-0.05, 0) is 60.2 Å². The van der Waals surface area contributed by atoms with Gasteiger partial charge in [0.05, 0.1) is 27.4 Å². The Labute approximate surface area is 190 Å².